The fourth-order valence-electron chi connectivity index (χ4n) is 4.33. The van der Waals surface area contributed by atoms with Gasteiger partial charge in [0.2, 0.25) is 0 Å². The smallest absolute Gasteiger partial charge is 0.410 e. The molecule has 0 bridgehead atoms. The molecule has 4 rings (SSSR count). The van der Waals surface area contributed by atoms with Crippen molar-refractivity contribution in [1.29, 1.82) is 0 Å². The van der Waals surface area contributed by atoms with Gasteiger partial charge in [0.05, 0.1) is 0 Å². The second kappa shape index (κ2) is 9.45. The summed E-state index contributed by atoms with van der Waals surface area (Å²) in [5, 5.41) is 10.4. The van der Waals surface area contributed by atoms with Crippen molar-refractivity contribution in [1.82, 2.24) is 4.90 Å². The van der Waals surface area contributed by atoms with Crippen LogP contribution < -0.4 is 0 Å². The number of rotatable bonds is 7. The van der Waals surface area contributed by atoms with Crippen molar-refractivity contribution in [3.05, 3.63) is 94.5 Å². The van der Waals surface area contributed by atoms with E-state index in [-0.39, 0.29) is 25.5 Å². The molecule has 3 aromatic rings. The summed E-state index contributed by atoms with van der Waals surface area (Å²) < 4.78 is 5.68. The predicted molar refractivity (Wildman–Crippen MR) is 124 cm³/mol. The molecule has 1 amide bonds. The van der Waals surface area contributed by atoms with Gasteiger partial charge < -0.3 is 9.84 Å². The molecule has 6 heteroatoms. The monoisotopic (exact) mass is 449 g/mol. The van der Waals surface area contributed by atoms with Gasteiger partial charge in [0.25, 0.3) is 0 Å². The molecule has 0 aliphatic heterocycles. The van der Waals surface area contributed by atoms with E-state index in [1.165, 1.54) is 4.90 Å². The van der Waals surface area contributed by atoms with E-state index in [1.807, 2.05) is 36.4 Å². The number of carbonyl (C=O) groups excluding carboxylic acids is 1. The number of carboxylic acid groups (broad SMARTS) is 1. The summed E-state index contributed by atoms with van der Waals surface area (Å²) in [7, 11) is 0. The molecule has 1 N–H and O–H groups in total. The topological polar surface area (TPSA) is 66.8 Å². The first-order chi connectivity index (χ1) is 15.5. The average molecular weight is 450 g/mol. The molecule has 32 heavy (non-hydrogen) atoms. The van der Waals surface area contributed by atoms with E-state index in [0.717, 1.165) is 27.8 Å². The van der Waals surface area contributed by atoms with Crippen molar-refractivity contribution in [3.8, 4) is 11.1 Å². The molecular formula is C26H24ClNO4. The third-order valence-corrected chi connectivity index (χ3v) is 6.17. The average Bonchev–Trinajstić information content (AvgIpc) is 3.12. The molecule has 0 heterocycles. The molecule has 5 nitrogen and oxygen atoms in total. The van der Waals surface area contributed by atoms with E-state index in [1.54, 1.807) is 31.2 Å². The molecule has 1 aliphatic rings. The van der Waals surface area contributed by atoms with Crippen molar-refractivity contribution < 1.29 is 19.4 Å². The van der Waals surface area contributed by atoms with E-state index in [9.17, 15) is 14.7 Å². The van der Waals surface area contributed by atoms with Crippen molar-refractivity contribution >= 4 is 23.7 Å². The summed E-state index contributed by atoms with van der Waals surface area (Å²) in [5.41, 5.74) is 5.29. The van der Waals surface area contributed by atoms with Crippen LogP contribution in [0.4, 0.5) is 4.79 Å². The lowest BCUT2D eigenvalue weighted by atomic mass is 9.98. The normalized spacial score (nSPS) is 13.2. The van der Waals surface area contributed by atoms with Crippen LogP contribution >= 0.6 is 11.6 Å². The summed E-state index contributed by atoms with van der Waals surface area (Å²) in [5.74, 6) is -1.15. The Bertz CT molecular complexity index is 1080. The number of aliphatic carboxylic acids is 1. The van der Waals surface area contributed by atoms with Crippen LogP contribution in [0.3, 0.4) is 0 Å². The third kappa shape index (κ3) is 4.34. The van der Waals surface area contributed by atoms with Gasteiger partial charge >= 0.3 is 12.1 Å². The number of hydrogen-bond donors (Lipinski definition) is 1. The van der Waals surface area contributed by atoms with Crippen LogP contribution in [0.15, 0.2) is 72.8 Å². The fourth-order valence-corrected chi connectivity index (χ4v) is 4.45. The Balaban J connectivity index is 1.50. The summed E-state index contributed by atoms with van der Waals surface area (Å²) in [4.78, 5) is 26.2. The SMILES string of the molecule is CCN(C(=O)OCC1c2ccccc2-c2ccccc21)[C@@H](Cc1ccc(Cl)cc1)C(=O)O. The van der Waals surface area contributed by atoms with E-state index >= 15 is 0 Å². The number of nitrogens with zero attached hydrogens (tertiary/aromatic N) is 1. The quantitative estimate of drug-likeness (QED) is 0.509. The van der Waals surface area contributed by atoms with Gasteiger partial charge in [-0.15, -0.1) is 0 Å². The van der Waals surface area contributed by atoms with Crippen molar-refractivity contribution in [2.45, 2.75) is 25.3 Å². The van der Waals surface area contributed by atoms with E-state index in [0.29, 0.717) is 5.02 Å². The Morgan fingerprint density at radius 1 is 0.969 bits per heavy atom. The largest absolute Gasteiger partial charge is 0.480 e. The summed E-state index contributed by atoms with van der Waals surface area (Å²) in [6.45, 7) is 2.12. The first kappa shape index (κ1) is 21.9. The maximum atomic E-state index is 13.0. The predicted octanol–water partition coefficient (Wildman–Crippen LogP) is 5.61. The first-order valence-electron chi connectivity index (χ1n) is 10.6. The van der Waals surface area contributed by atoms with Gasteiger partial charge in [-0.1, -0.05) is 72.3 Å². The highest BCUT2D eigenvalue weighted by atomic mass is 35.5. The van der Waals surface area contributed by atoms with Crippen LogP contribution in [0, 0.1) is 0 Å². The summed E-state index contributed by atoms with van der Waals surface area (Å²) in [6, 6.07) is 22.1. The minimum Gasteiger partial charge on any atom is -0.480 e. The van der Waals surface area contributed by atoms with Gasteiger partial charge in [0.15, 0.2) is 0 Å². The van der Waals surface area contributed by atoms with Crippen LogP contribution in [-0.4, -0.2) is 41.3 Å². The molecule has 0 saturated heterocycles. The van der Waals surface area contributed by atoms with Crippen LogP contribution in [-0.2, 0) is 16.0 Å². The highest BCUT2D eigenvalue weighted by Gasteiger charge is 2.33. The summed E-state index contributed by atoms with van der Waals surface area (Å²) in [6.07, 6.45) is -0.458. The zero-order valence-corrected chi connectivity index (χ0v) is 18.5. The number of benzene rings is 3. The van der Waals surface area contributed by atoms with Gasteiger partial charge in [-0.3, -0.25) is 4.90 Å². The zero-order valence-electron chi connectivity index (χ0n) is 17.7. The lowest BCUT2D eigenvalue weighted by Crippen LogP contribution is -2.46. The number of amides is 1. The minimum absolute atomic E-state index is 0.0791. The molecule has 0 saturated carbocycles. The molecule has 0 radical (unpaired) electrons. The molecular weight excluding hydrogens is 426 g/mol. The number of ether oxygens (including phenoxy) is 1. The van der Waals surface area contributed by atoms with Crippen LogP contribution in [0.25, 0.3) is 11.1 Å². The number of hydrogen-bond acceptors (Lipinski definition) is 3. The Morgan fingerprint density at radius 3 is 2.06 bits per heavy atom. The fraction of sp³-hybridized carbons (Fsp3) is 0.231. The molecule has 1 atom stereocenters. The van der Waals surface area contributed by atoms with E-state index in [2.05, 4.69) is 12.1 Å². The minimum atomic E-state index is -1.07. The maximum Gasteiger partial charge on any atom is 0.410 e. The number of likely N-dealkylation sites (N-methyl/N-ethyl adjacent to an activating group) is 1. The molecule has 0 spiro atoms. The van der Waals surface area contributed by atoms with Gasteiger partial charge in [-0.2, -0.15) is 0 Å². The van der Waals surface area contributed by atoms with Crippen LogP contribution in [0.5, 0.6) is 0 Å². The number of carboxylic acids is 1. The molecule has 164 valence electrons. The van der Waals surface area contributed by atoms with Crippen molar-refractivity contribution in [2.24, 2.45) is 0 Å². The number of fused-ring (bicyclic) bond motifs is 3. The second-order valence-corrected chi connectivity index (χ2v) is 8.21. The Labute approximate surface area is 192 Å². The molecule has 3 aromatic carbocycles. The van der Waals surface area contributed by atoms with Gasteiger partial charge in [0.1, 0.15) is 12.6 Å². The van der Waals surface area contributed by atoms with Crippen LogP contribution in [0.2, 0.25) is 5.02 Å². The van der Waals surface area contributed by atoms with Crippen LogP contribution in [0.1, 0.15) is 29.5 Å². The number of halogens is 1. The highest BCUT2D eigenvalue weighted by Crippen LogP contribution is 2.44. The van der Waals surface area contributed by atoms with Crippen molar-refractivity contribution in [3.63, 3.8) is 0 Å². The number of carbonyl (C=O) groups is 2. The maximum absolute atomic E-state index is 13.0. The summed E-state index contributed by atoms with van der Waals surface area (Å²) >= 11 is 5.93. The lowest BCUT2D eigenvalue weighted by Gasteiger charge is -2.28. The first-order valence-corrected chi connectivity index (χ1v) is 11.0. The Hall–Kier alpha value is -3.31. The molecule has 0 fully saturated rings. The van der Waals surface area contributed by atoms with E-state index < -0.39 is 18.1 Å². The molecule has 0 unspecified atom stereocenters. The zero-order chi connectivity index (χ0) is 22.7. The molecule has 1 aliphatic carbocycles. The molecule has 0 aromatic heterocycles. The van der Waals surface area contributed by atoms with E-state index in [4.69, 9.17) is 16.3 Å². The highest BCUT2D eigenvalue weighted by molar-refractivity contribution is 6.30. The van der Waals surface area contributed by atoms with Gasteiger partial charge in [-0.25, -0.2) is 9.59 Å². The van der Waals surface area contributed by atoms with Gasteiger partial charge in [0, 0.05) is 23.9 Å². The van der Waals surface area contributed by atoms with Crippen molar-refractivity contribution in [2.75, 3.05) is 13.2 Å². The Morgan fingerprint density at radius 2 is 1.53 bits per heavy atom. The standard InChI is InChI=1S/C26H24ClNO4/c1-2-28(24(25(29)30)15-17-11-13-18(27)14-12-17)26(31)32-16-23-21-9-5-3-7-19(21)20-8-4-6-10-22(20)23/h3-14,23-24H,2,15-16H2,1H3,(H,29,30)/t24-/m0/s1. The van der Waals surface area contributed by atoms with Gasteiger partial charge in [-0.05, 0) is 46.9 Å². The second-order valence-electron chi connectivity index (χ2n) is 7.77. The lowest BCUT2D eigenvalue weighted by molar-refractivity contribution is -0.142. The Kier molecular flexibility index (Phi) is 6.47. The third-order valence-electron chi connectivity index (χ3n) is 5.91.